The molecule has 1 heteroatoms. The summed E-state index contributed by atoms with van der Waals surface area (Å²) in [6.07, 6.45) is 0. The van der Waals surface area contributed by atoms with E-state index in [1.165, 1.54) is 55.9 Å². The van der Waals surface area contributed by atoms with E-state index >= 15 is 0 Å². The van der Waals surface area contributed by atoms with E-state index in [0.717, 1.165) is 0 Å². The maximum atomic E-state index is 2.46. The second kappa shape index (κ2) is 7.45. The summed E-state index contributed by atoms with van der Waals surface area (Å²) in [6, 6.07) is 45.2. The Morgan fingerprint density at radius 2 is 0.914 bits per heavy atom. The van der Waals surface area contributed by atoms with Crippen molar-refractivity contribution in [1.29, 1.82) is 0 Å². The Bertz CT molecular complexity index is 1510. The minimum atomic E-state index is -0.297. The highest BCUT2D eigenvalue weighted by atomic mass is 15.2. The molecule has 0 bridgehead atoms. The average Bonchev–Trinajstić information content (AvgIpc) is 3.36. The SMILES string of the molecule is CC(C)N(c1ccccc1)c1ccc2c(c1)C1(c3ccccc3-c3ccccc31)c1ccccc1-2. The summed E-state index contributed by atoms with van der Waals surface area (Å²) in [4.78, 5) is 2.45. The minimum absolute atomic E-state index is 0.297. The van der Waals surface area contributed by atoms with E-state index in [2.05, 4.69) is 140 Å². The predicted molar refractivity (Wildman–Crippen MR) is 146 cm³/mol. The third kappa shape index (κ3) is 2.64. The summed E-state index contributed by atoms with van der Waals surface area (Å²) in [7, 11) is 0. The van der Waals surface area contributed by atoms with Crippen molar-refractivity contribution >= 4 is 11.4 Å². The van der Waals surface area contributed by atoms with Gasteiger partial charge in [0.05, 0.1) is 5.41 Å². The molecule has 0 amide bonds. The van der Waals surface area contributed by atoms with Crippen LogP contribution in [0.5, 0.6) is 0 Å². The summed E-state index contributed by atoms with van der Waals surface area (Å²) in [5.41, 5.74) is 13.1. The molecule has 0 atom stereocenters. The number of anilines is 2. The fourth-order valence-electron chi connectivity index (χ4n) is 6.57. The molecule has 5 aromatic carbocycles. The molecular formula is C34H27N. The summed E-state index contributed by atoms with van der Waals surface area (Å²) in [6.45, 7) is 4.54. The normalized spacial score (nSPS) is 13.9. The molecule has 1 spiro atoms. The highest BCUT2D eigenvalue weighted by Gasteiger charge is 2.51. The molecule has 7 rings (SSSR count). The Kier molecular flexibility index (Phi) is 4.32. The lowest BCUT2D eigenvalue weighted by Crippen LogP contribution is -2.28. The van der Waals surface area contributed by atoms with Gasteiger partial charge < -0.3 is 4.90 Å². The van der Waals surface area contributed by atoms with Gasteiger partial charge in [-0.15, -0.1) is 0 Å². The van der Waals surface area contributed by atoms with Crippen LogP contribution in [0, 0.1) is 0 Å². The molecule has 0 fully saturated rings. The topological polar surface area (TPSA) is 3.24 Å². The number of hydrogen-bond acceptors (Lipinski definition) is 1. The van der Waals surface area contributed by atoms with E-state index in [9.17, 15) is 0 Å². The lowest BCUT2D eigenvalue weighted by molar-refractivity contribution is 0.776. The van der Waals surface area contributed by atoms with Crippen molar-refractivity contribution in [3.8, 4) is 22.3 Å². The highest BCUT2D eigenvalue weighted by molar-refractivity contribution is 5.95. The highest BCUT2D eigenvalue weighted by Crippen LogP contribution is 2.63. The second-order valence-electron chi connectivity index (χ2n) is 9.92. The van der Waals surface area contributed by atoms with Gasteiger partial charge in [0.15, 0.2) is 0 Å². The van der Waals surface area contributed by atoms with Crippen molar-refractivity contribution in [3.63, 3.8) is 0 Å². The van der Waals surface area contributed by atoms with Crippen molar-refractivity contribution in [2.75, 3.05) is 4.90 Å². The number of benzene rings is 5. The molecule has 0 aromatic heterocycles. The molecule has 2 aliphatic carbocycles. The molecule has 0 unspecified atom stereocenters. The number of fused-ring (bicyclic) bond motifs is 10. The van der Waals surface area contributed by atoms with Gasteiger partial charge in [0, 0.05) is 17.4 Å². The van der Waals surface area contributed by atoms with Crippen molar-refractivity contribution in [3.05, 3.63) is 144 Å². The van der Waals surface area contributed by atoms with Crippen LogP contribution in [0.25, 0.3) is 22.3 Å². The van der Waals surface area contributed by atoms with Crippen LogP contribution in [-0.4, -0.2) is 6.04 Å². The van der Waals surface area contributed by atoms with E-state index in [-0.39, 0.29) is 5.41 Å². The van der Waals surface area contributed by atoms with E-state index in [4.69, 9.17) is 0 Å². The Hall–Kier alpha value is -4.10. The first-order valence-corrected chi connectivity index (χ1v) is 12.5. The van der Waals surface area contributed by atoms with Crippen LogP contribution in [0.15, 0.2) is 121 Å². The summed E-state index contributed by atoms with van der Waals surface area (Å²) >= 11 is 0. The number of hydrogen-bond donors (Lipinski definition) is 0. The van der Waals surface area contributed by atoms with Crippen molar-refractivity contribution in [2.24, 2.45) is 0 Å². The van der Waals surface area contributed by atoms with Crippen LogP contribution in [0.2, 0.25) is 0 Å². The summed E-state index contributed by atoms with van der Waals surface area (Å²) < 4.78 is 0. The van der Waals surface area contributed by atoms with Gasteiger partial charge in [0.25, 0.3) is 0 Å². The lowest BCUT2D eigenvalue weighted by atomic mass is 9.70. The molecule has 0 N–H and O–H groups in total. The third-order valence-electron chi connectivity index (χ3n) is 7.81. The fraction of sp³-hybridized carbons (Fsp3) is 0.118. The zero-order valence-corrected chi connectivity index (χ0v) is 20.1. The number of nitrogens with zero attached hydrogens (tertiary/aromatic N) is 1. The summed E-state index contributed by atoms with van der Waals surface area (Å²) in [5, 5.41) is 0. The third-order valence-corrected chi connectivity index (χ3v) is 7.81. The quantitative estimate of drug-likeness (QED) is 0.261. The Balaban J connectivity index is 1.57. The summed E-state index contributed by atoms with van der Waals surface area (Å²) in [5.74, 6) is 0. The first-order valence-electron chi connectivity index (χ1n) is 12.5. The van der Waals surface area contributed by atoms with Crippen molar-refractivity contribution < 1.29 is 0 Å². The average molecular weight is 450 g/mol. The van der Waals surface area contributed by atoms with Gasteiger partial charge in [-0.25, -0.2) is 0 Å². The van der Waals surface area contributed by atoms with Gasteiger partial charge in [-0.05, 0) is 82.6 Å². The van der Waals surface area contributed by atoms with Crippen LogP contribution < -0.4 is 4.90 Å². The van der Waals surface area contributed by atoms with Crippen LogP contribution in [0.4, 0.5) is 11.4 Å². The Morgan fingerprint density at radius 3 is 1.43 bits per heavy atom. The fourth-order valence-corrected chi connectivity index (χ4v) is 6.57. The minimum Gasteiger partial charge on any atom is -0.339 e. The standard InChI is InChI=1S/C34H27N/c1-23(2)35(24-12-4-3-5-13-24)25-20-21-29-28-16-8-11-19-32(28)34(33(29)22-25)30-17-9-6-14-26(30)27-15-7-10-18-31(27)34/h3-23H,1-2H3. The van der Waals surface area contributed by atoms with E-state index in [1.807, 2.05) is 0 Å². The predicted octanol–water partition coefficient (Wildman–Crippen LogP) is 8.58. The largest absolute Gasteiger partial charge is 0.339 e. The van der Waals surface area contributed by atoms with Gasteiger partial charge in [-0.1, -0.05) is 97.1 Å². The lowest BCUT2D eigenvalue weighted by Gasteiger charge is -2.33. The Morgan fingerprint density at radius 1 is 0.457 bits per heavy atom. The molecule has 35 heavy (non-hydrogen) atoms. The molecule has 2 aliphatic rings. The zero-order valence-electron chi connectivity index (χ0n) is 20.1. The molecular weight excluding hydrogens is 422 g/mol. The first-order chi connectivity index (χ1) is 17.2. The molecule has 0 radical (unpaired) electrons. The van der Waals surface area contributed by atoms with Crippen molar-refractivity contribution in [2.45, 2.75) is 25.3 Å². The maximum absolute atomic E-state index is 2.46. The van der Waals surface area contributed by atoms with Crippen LogP contribution in [-0.2, 0) is 5.41 Å². The maximum Gasteiger partial charge on any atom is 0.0726 e. The molecule has 5 aromatic rings. The molecule has 1 nitrogen and oxygen atoms in total. The second-order valence-corrected chi connectivity index (χ2v) is 9.92. The molecule has 0 heterocycles. The monoisotopic (exact) mass is 449 g/mol. The van der Waals surface area contributed by atoms with Crippen molar-refractivity contribution in [1.82, 2.24) is 0 Å². The molecule has 168 valence electrons. The van der Waals surface area contributed by atoms with Crippen LogP contribution >= 0.6 is 0 Å². The molecule has 0 saturated carbocycles. The smallest absolute Gasteiger partial charge is 0.0726 e. The van der Waals surface area contributed by atoms with Gasteiger partial charge in [0.2, 0.25) is 0 Å². The van der Waals surface area contributed by atoms with E-state index in [0.29, 0.717) is 6.04 Å². The molecule has 0 aliphatic heterocycles. The molecule has 0 saturated heterocycles. The van der Waals surface area contributed by atoms with Gasteiger partial charge in [0.1, 0.15) is 0 Å². The van der Waals surface area contributed by atoms with E-state index < -0.39 is 0 Å². The number of rotatable bonds is 3. The first kappa shape index (κ1) is 20.3. The van der Waals surface area contributed by atoms with Gasteiger partial charge in [-0.2, -0.15) is 0 Å². The van der Waals surface area contributed by atoms with E-state index in [1.54, 1.807) is 0 Å². The zero-order chi connectivity index (χ0) is 23.6. The number of para-hydroxylation sites is 1. The van der Waals surface area contributed by atoms with Gasteiger partial charge >= 0.3 is 0 Å². The van der Waals surface area contributed by atoms with Crippen LogP contribution in [0.3, 0.4) is 0 Å². The van der Waals surface area contributed by atoms with Gasteiger partial charge in [-0.3, -0.25) is 0 Å². The van der Waals surface area contributed by atoms with Crippen LogP contribution in [0.1, 0.15) is 36.1 Å². The Labute approximate surface area is 207 Å².